The topological polar surface area (TPSA) is 75.1 Å². The van der Waals surface area contributed by atoms with Crippen LogP contribution in [0.4, 0.5) is 23.9 Å². The van der Waals surface area contributed by atoms with E-state index in [1.807, 2.05) is 0 Å². The molecule has 2 N–H and O–H groups in total. The molecule has 0 aliphatic carbocycles. The number of hydrogen-bond acceptors (Lipinski definition) is 4. The first kappa shape index (κ1) is 16.5. The molecule has 0 bridgehead atoms. The van der Waals surface area contributed by atoms with E-state index in [-0.39, 0.29) is 18.5 Å². The standard InChI is InChI=1S/C12H19F3N6O/c1-8-17-10(19-20(8)2)18-11(22)16-6-9-4-3-5-21(9)7-12(13,14)15/h9H,3-7H2,1-2H3,(H2,16,18,19,22). The predicted octanol–water partition coefficient (Wildman–Crippen LogP) is 1.27. The van der Waals surface area contributed by atoms with Gasteiger partial charge in [0.05, 0.1) is 6.54 Å². The van der Waals surface area contributed by atoms with Gasteiger partial charge in [-0.2, -0.15) is 18.2 Å². The van der Waals surface area contributed by atoms with E-state index in [1.54, 1.807) is 14.0 Å². The average Bonchev–Trinajstić information content (AvgIpc) is 2.93. The number of aryl methyl sites for hydroxylation is 2. The van der Waals surface area contributed by atoms with Crippen LogP contribution in [0.5, 0.6) is 0 Å². The molecule has 2 heterocycles. The quantitative estimate of drug-likeness (QED) is 0.876. The normalized spacial score (nSPS) is 19.4. The molecular weight excluding hydrogens is 301 g/mol. The van der Waals surface area contributed by atoms with Gasteiger partial charge in [-0.1, -0.05) is 0 Å². The van der Waals surface area contributed by atoms with Gasteiger partial charge in [-0.05, 0) is 26.3 Å². The van der Waals surface area contributed by atoms with Gasteiger partial charge < -0.3 is 5.32 Å². The zero-order valence-corrected chi connectivity index (χ0v) is 12.4. The number of nitrogens with one attached hydrogen (secondary N) is 2. The van der Waals surface area contributed by atoms with E-state index in [1.165, 1.54) is 9.58 Å². The Morgan fingerprint density at radius 1 is 1.45 bits per heavy atom. The second-order valence-electron chi connectivity index (χ2n) is 5.32. The smallest absolute Gasteiger partial charge is 0.336 e. The molecule has 0 aromatic carbocycles. The number of aromatic nitrogens is 3. The fourth-order valence-corrected chi connectivity index (χ4v) is 2.44. The molecule has 0 spiro atoms. The Morgan fingerprint density at radius 2 is 2.18 bits per heavy atom. The molecule has 2 amide bonds. The van der Waals surface area contributed by atoms with Crippen LogP contribution in [0.3, 0.4) is 0 Å². The monoisotopic (exact) mass is 320 g/mol. The van der Waals surface area contributed by atoms with E-state index < -0.39 is 18.8 Å². The summed E-state index contributed by atoms with van der Waals surface area (Å²) in [7, 11) is 1.69. The molecule has 7 nitrogen and oxygen atoms in total. The second-order valence-corrected chi connectivity index (χ2v) is 5.32. The number of amides is 2. The molecule has 1 atom stereocenters. The Kier molecular flexibility index (Phi) is 4.89. The fraction of sp³-hybridized carbons (Fsp3) is 0.750. The maximum Gasteiger partial charge on any atom is 0.401 e. The molecular formula is C12H19F3N6O. The minimum Gasteiger partial charge on any atom is -0.336 e. The molecule has 1 aliphatic heterocycles. The summed E-state index contributed by atoms with van der Waals surface area (Å²) in [5.74, 6) is 0.804. The maximum absolute atomic E-state index is 12.4. The summed E-state index contributed by atoms with van der Waals surface area (Å²) >= 11 is 0. The summed E-state index contributed by atoms with van der Waals surface area (Å²) in [5.41, 5.74) is 0. The summed E-state index contributed by atoms with van der Waals surface area (Å²) < 4.78 is 38.9. The first-order valence-electron chi connectivity index (χ1n) is 6.98. The predicted molar refractivity (Wildman–Crippen MR) is 73.4 cm³/mol. The highest BCUT2D eigenvalue weighted by Crippen LogP contribution is 2.23. The van der Waals surface area contributed by atoms with Gasteiger partial charge in [0.2, 0.25) is 5.95 Å². The van der Waals surface area contributed by atoms with Gasteiger partial charge in [-0.3, -0.25) is 14.9 Å². The molecule has 2 rings (SSSR count). The molecule has 1 aliphatic rings. The van der Waals surface area contributed by atoms with Crippen molar-refractivity contribution < 1.29 is 18.0 Å². The molecule has 1 aromatic heterocycles. The SMILES string of the molecule is Cc1nc(NC(=O)NCC2CCCN2CC(F)(F)F)nn1C. The first-order valence-corrected chi connectivity index (χ1v) is 6.98. The van der Waals surface area contributed by atoms with Gasteiger partial charge in [0.15, 0.2) is 0 Å². The first-order chi connectivity index (χ1) is 10.2. The van der Waals surface area contributed by atoms with Crippen LogP contribution >= 0.6 is 0 Å². The number of halogens is 3. The lowest BCUT2D eigenvalue weighted by molar-refractivity contribution is -0.147. The molecule has 0 saturated carbocycles. The van der Waals surface area contributed by atoms with Gasteiger partial charge >= 0.3 is 12.2 Å². The maximum atomic E-state index is 12.4. The summed E-state index contributed by atoms with van der Waals surface area (Å²) in [6.45, 7) is 1.35. The van der Waals surface area contributed by atoms with E-state index in [2.05, 4.69) is 20.7 Å². The van der Waals surface area contributed by atoms with Gasteiger partial charge in [0, 0.05) is 19.6 Å². The van der Waals surface area contributed by atoms with Crippen molar-refractivity contribution in [3.05, 3.63) is 5.82 Å². The Hall–Kier alpha value is -1.84. The Bertz CT molecular complexity index is 510. The molecule has 10 heteroatoms. The molecule has 1 fully saturated rings. The van der Waals surface area contributed by atoms with Crippen molar-refractivity contribution in [2.45, 2.75) is 32.0 Å². The summed E-state index contributed by atoms with van der Waals surface area (Å²) in [5, 5.41) is 8.99. The zero-order valence-electron chi connectivity index (χ0n) is 12.4. The second kappa shape index (κ2) is 6.51. The molecule has 22 heavy (non-hydrogen) atoms. The van der Waals surface area contributed by atoms with Crippen molar-refractivity contribution in [2.24, 2.45) is 7.05 Å². The number of carbonyl (C=O) groups is 1. The van der Waals surface area contributed by atoms with E-state index in [4.69, 9.17) is 0 Å². The van der Waals surface area contributed by atoms with Crippen molar-refractivity contribution in [3.63, 3.8) is 0 Å². The number of urea groups is 1. The van der Waals surface area contributed by atoms with Crippen LogP contribution in [0.15, 0.2) is 0 Å². The number of hydrogen-bond donors (Lipinski definition) is 2. The van der Waals surface area contributed by atoms with Crippen LogP contribution in [-0.4, -0.2) is 57.5 Å². The van der Waals surface area contributed by atoms with E-state index in [9.17, 15) is 18.0 Å². The number of likely N-dealkylation sites (tertiary alicyclic amines) is 1. The molecule has 0 radical (unpaired) electrons. The third kappa shape index (κ3) is 4.58. The van der Waals surface area contributed by atoms with E-state index in [0.29, 0.717) is 25.2 Å². The van der Waals surface area contributed by atoms with Crippen LogP contribution in [-0.2, 0) is 7.05 Å². The third-order valence-corrected chi connectivity index (χ3v) is 3.59. The van der Waals surface area contributed by atoms with Crippen molar-refractivity contribution in [3.8, 4) is 0 Å². The fourth-order valence-electron chi connectivity index (χ4n) is 2.44. The number of alkyl halides is 3. The minimum absolute atomic E-state index is 0.160. The van der Waals surface area contributed by atoms with Crippen LogP contribution in [0.2, 0.25) is 0 Å². The Balaban J connectivity index is 1.80. The number of carbonyl (C=O) groups excluding carboxylic acids is 1. The number of rotatable bonds is 4. The van der Waals surface area contributed by atoms with E-state index >= 15 is 0 Å². The van der Waals surface area contributed by atoms with E-state index in [0.717, 1.165) is 0 Å². The van der Waals surface area contributed by atoms with Crippen molar-refractivity contribution in [2.75, 3.05) is 25.0 Å². The minimum atomic E-state index is -4.22. The van der Waals surface area contributed by atoms with Crippen molar-refractivity contribution in [1.82, 2.24) is 25.0 Å². The molecule has 124 valence electrons. The average molecular weight is 320 g/mol. The third-order valence-electron chi connectivity index (χ3n) is 3.59. The Labute approximate surface area is 125 Å². The summed E-state index contributed by atoms with van der Waals surface area (Å²) in [6, 6.07) is -0.824. The van der Waals surface area contributed by atoms with Gasteiger partial charge in [0.1, 0.15) is 5.82 Å². The molecule has 1 saturated heterocycles. The van der Waals surface area contributed by atoms with Gasteiger partial charge in [-0.15, -0.1) is 5.10 Å². The van der Waals surface area contributed by atoms with Crippen LogP contribution < -0.4 is 10.6 Å². The van der Waals surface area contributed by atoms with Gasteiger partial charge in [-0.25, -0.2) is 4.79 Å². The molecule has 1 unspecified atom stereocenters. The molecule has 1 aromatic rings. The highest BCUT2D eigenvalue weighted by atomic mass is 19.4. The van der Waals surface area contributed by atoms with Crippen molar-refractivity contribution >= 4 is 12.0 Å². The highest BCUT2D eigenvalue weighted by Gasteiger charge is 2.36. The van der Waals surface area contributed by atoms with Crippen molar-refractivity contribution in [1.29, 1.82) is 0 Å². The van der Waals surface area contributed by atoms with Crippen LogP contribution in [0.25, 0.3) is 0 Å². The largest absolute Gasteiger partial charge is 0.401 e. The lowest BCUT2D eigenvalue weighted by atomic mass is 10.2. The Morgan fingerprint density at radius 3 is 2.77 bits per heavy atom. The number of nitrogens with zero attached hydrogens (tertiary/aromatic N) is 4. The lowest BCUT2D eigenvalue weighted by Crippen LogP contribution is -2.44. The highest BCUT2D eigenvalue weighted by molar-refractivity contribution is 5.87. The zero-order chi connectivity index (χ0) is 16.3. The summed E-state index contributed by atoms with van der Waals surface area (Å²) in [4.78, 5) is 17.1. The van der Waals surface area contributed by atoms with Crippen LogP contribution in [0.1, 0.15) is 18.7 Å². The lowest BCUT2D eigenvalue weighted by Gasteiger charge is -2.25. The van der Waals surface area contributed by atoms with Gasteiger partial charge in [0.25, 0.3) is 0 Å². The van der Waals surface area contributed by atoms with Crippen LogP contribution in [0, 0.1) is 6.92 Å². The number of anilines is 1. The summed E-state index contributed by atoms with van der Waals surface area (Å²) in [6.07, 6.45) is -2.89.